The van der Waals surface area contributed by atoms with E-state index in [-0.39, 0.29) is 45.3 Å². The van der Waals surface area contributed by atoms with Crippen molar-refractivity contribution in [1.29, 1.82) is 0 Å². The van der Waals surface area contributed by atoms with Gasteiger partial charge in [0.1, 0.15) is 17.2 Å². The van der Waals surface area contributed by atoms with Gasteiger partial charge in [0.25, 0.3) is 0 Å². The number of benzene rings is 2. The molecule has 0 aliphatic rings. The highest BCUT2D eigenvalue weighted by Gasteiger charge is 2.21. The summed E-state index contributed by atoms with van der Waals surface area (Å²) in [7, 11) is 2.68. The van der Waals surface area contributed by atoms with Crippen LogP contribution in [-0.2, 0) is 0 Å². The van der Waals surface area contributed by atoms with Gasteiger partial charge in [-0.3, -0.25) is 4.79 Å². The highest BCUT2D eigenvalue weighted by Crippen LogP contribution is 2.42. The molecule has 0 saturated heterocycles. The first kappa shape index (κ1) is 15.5. The second-order valence-electron chi connectivity index (χ2n) is 5.02. The Labute approximate surface area is 135 Å². The van der Waals surface area contributed by atoms with E-state index in [1.165, 1.54) is 44.7 Å². The van der Waals surface area contributed by atoms with Crippen LogP contribution in [0.3, 0.4) is 0 Å². The van der Waals surface area contributed by atoms with Crippen molar-refractivity contribution in [1.82, 2.24) is 0 Å². The zero-order valence-electron chi connectivity index (χ0n) is 12.9. The molecule has 0 fully saturated rings. The van der Waals surface area contributed by atoms with Crippen LogP contribution in [0.15, 0.2) is 39.7 Å². The predicted molar refractivity (Wildman–Crippen MR) is 86.0 cm³/mol. The van der Waals surface area contributed by atoms with E-state index < -0.39 is 5.43 Å². The molecule has 3 aromatic rings. The van der Waals surface area contributed by atoms with Crippen molar-refractivity contribution in [2.45, 2.75) is 0 Å². The quantitative estimate of drug-likeness (QED) is 0.633. The van der Waals surface area contributed by atoms with Crippen molar-refractivity contribution in [3.05, 3.63) is 40.8 Å². The van der Waals surface area contributed by atoms with Crippen LogP contribution < -0.4 is 14.9 Å². The van der Waals surface area contributed by atoms with Crippen LogP contribution in [0.2, 0.25) is 0 Å². The van der Waals surface area contributed by atoms with Gasteiger partial charge < -0.3 is 29.2 Å². The van der Waals surface area contributed by atoms with E-state index in [0.717, 1.165) is 0 Å². The molecule has 3 rings (SSSR count). The van der Waals surface area contributed by atoms with Gasteiger partial charge in [-0.1, -0.05) is 6.07 Å². The molecule has 0 aliphatic carbocycles. The first-order chi connectivity index (χ1) is 11.5. The molecule has 124 valence electrons. The van der Waals surface area contributed by atoms with E-state index in [9.17, 15) is 20.1 Å². The molecule has 0 unspecified atom stereocenters. The molecule has 7 nitrogen and oxygen atoms in total. The Kier molecular flexibility index (Phi) is 3.69. The second-order valence-corrected chi connectivity index (χ2v) is 5.02. The zero-order valence-corrected chi connectivity index (χ0v) is 12.9. The Morgan fingerprint density at radius 2 is 1.62 bits per heavy atom. The molecular formula is C17H14O7. The fourth-order valence-electron chi connectivity index (χ4n) is 2.50. The average molecular weight is 330 g/mol. The van der Waals surface area contributed by atoms with E-state index in [0.29, 0.717) is 5.56 Å². The summed E-state index contributed by atoms with van der Waals surface area (Å²) in [6.45, 7) is 0. The van der Waals surface area contributed by atoms with Gasteiger partial charge >= 0.3 is 0 Å². The maximum atomic E-state index is 12.9. The highest BCUT2D eigenvalue weighted by molar-refractivity contribution is 5.91. The van der Waals surface area contributed by atoms with Crippen LogP contribution in [0.25, 0.3) is 22.1 Å². The van der Waals surface area contributed by atoms with Gasteiger partial charge in [0, 0.05) is 6.07 Å². The molecule has 0 bridgehead atoms. The minimum Gasteiger partial charge on any atom is -0.504 e. The summed E-state index contributed by atoms with van der Waals surface area (Å²) in [6, 6.07) is 5.24. The van der Waals surface area contributed by atoms with Crippen molar-refractivity contribution in [3.63, 3.8) is 0 Å². The Bertz CT molecular complexity index is 988. The van der Waals surface area contributed by atoms with Crippen molar-refractivity contribution in [3.8, 4) is 39.9 Å². The lowest BCUT2D eigenvalue weighted by Gasteiger charge is -2.12. The summed E-state index contributed by atoms with van der Waals surface area (Å²) in [5.41, 5.74) is 0.206. The van der Waals surface area contributed by atoms with E-state index in [1.807, 2.05) is 0 Å². The Morgan fingerprint density at radius 3 is 2.25 bits per heavy atom. The molecule has 1 heterocycles. The number of hydrogen-bond donors (Lipinski definition) is 3. The minimum absolute atomic E-state index is 0.0167. The van der Waals surface area contributed by atoms with E-state index in [1.54, 1.807) is 0 Å². The number of methoxy groups -OCH3 is 2. The fraction of sp³-hybridized carbons (Fsp3) is 0.118. The average Bonchev–Trinajstić information content (AvgIpc) is 2.56. The SMILES string of the molecule is COc1c(O)cc2occ(-c3ccc(O)c(O)c3)c(=O)c2c1OC. The summed E-state index contributed by atoms with van der Waals surface area (Å²) >= 11 is 0. The summed E-state index contributed by atoms with van der Waals surface area (Å²) in [4.78, 5) is 12.9. The number of fused-ring (bicyclic) bond motifs is 1. The molecule has 7 heteroatoms. The number of phenolic OH excluding ortho intramolecular Hbond substituents is 3. The van der Waals surface area contributed by atoms with Crippen LogP contribution in [0.4, 0.5) is 0 Å². The Balaban J connectivity index is 2.37. The monoisotopic (exact) mass is 330 g/mol. The molecule has 24 heavy (non-hydrogen) atoms. The van der Waals surface area contributed by atoms with Gasteiger partial charge in [0.2, 0.25) is 11.2 Å². The van der Waals surface area contributed by atoms with Gasteiger partial charge in [-0.25, -0.2) is 0 Å². The molecular weight excluding hydrogens is 316 g/mol. The molecule has 0 aliphatic heterocycles. The normalized spacial score (nSPS) is 10.8. The highest BCUT2D eigenvalue weighted by atomic mass is 16.5. The molecule has 0 spiro atoms. The van der Waals surface area contributed by atoms with E-state index in [2.05, 4.69) is 0 Å². The van der Waals surface area contributed by atoms with Crippen molar-refractivity contribution < 1.29 is 29.2 Å². The summed E-state index contributed by atoms with van der Waals surface area (Å²) in [5.74, 6) is -0.815. The number of rotatable bonds is 3. The topological polar surface area (TPSA) is 109 Å². The number of hydrogen-bond acceptors (Lipinski definition) is 7. The van der Waals surface area contributed by atoms with Gasteiger partial charge in [-0.05, 0) is 17.7 Å². The largest absolute Gasteiger partial charge is 0.504 e. The Morgan fingerprint density at radius 1 is 0.917 bits per heavy atom. The van der Waals surface area contributed by atoms with Crippen LogP contribution in [0.1, 0.15) is 0 Å². The summed E-state index contributed by atoms with van der Waals surface area (Å²) in [6.07, 6.45) is 1.21. The van der Waals surface area contributed by atoms with Crippen molar-refractivity contribution in [2.75, 3.05) is 14.2 Å². The zero-order chi connectivity index (χ0) is 17.4. The third-order valence-electron chi connectivity index (χ3n) is 3.65. The number of phenols is 3. The maximum absolute atomic E-state index is 12.9. The summed E-state index contributed by atoms with van der Waals surface area (Å²) < 4.78 is 15.7. The van der Waals surface area contributed by atoms with Crippen LogP contribution >= 0.6 is 0 Å². The summed E-state index contributed by atoms with van der Waals surface area (Å²) in [5, 5.41) is 29.1. The van der Waals surface area contributed by atoms with Crippen LogP contribution in [0, 0.1) is 0 Å². The standard InChI is InChI=1S/C17H14O7/c1-22-16-12(20)6-13-14(17(16)23-2)15(21)9(7-24-13)8-3-4-10(18)11(19)5-8/h3-7,18-20H,1-2H3. The molecule has 1 aromatic heterocycles. The van der Waals surface area contributed by atoms with Gasteiger partial charge in [0.05, 0.1) is 19.8 Å². The molecule has 0 atom stereocenters. The van der Waals surface area contributed by atoms with Crippen LogP contribution in [0.5, 0.6) is 28.7 Å². The lowest BCUT2D eigenvalue weighted by atomic mass is 10.0. The van der Waals surface area contributed by atoms with Gasteiger partial charge in [-0.15, -0.1) is 0 Å². The fourth-order valence-corrected chi connectivity index (χ4v) is 2.50. The van der Waals surface area contributed by atoms with Crippen molar-refractivity contribution >= 4 is 11.0 Å². The number of ether oxygens (including phenoxy) is 2. The third-order valence-corrected chi connectivity index (χ3v) is 3.65. The van der Waals surface area contributed by atoms with Crippen LogP contribution in [-0.4, -0.2) is 29.5 Å². The lowest BCUT2D eigenvalue weighted by molar-refractivity contribution is 0.335. The number of aromatic hydroxyl groups is 3. The Hall–Kier alpha value is -3.35. The van der Waals surface area contributed by atoms with E-state index >= 15 is 0 Å². The molecule has 3 N–H and O–H groups in total. The molecule has 0 radical (unpaired) electrons. The van der Waals surface area contributed by atoms with Crippen molar-refractivity contribution in [2.24, 2.45) is 0 Å². The lowest BCUT2D eigenvalue weighted by Crippen LogP contribution is -2.07. The first-order valence-corrected chi connectivity index (χ1v) is 6.89. The van der Waals surface area contributed by atoms with Gasteiger partial charge in [-0.2, -0.15) is 0 Å². The smallest absolute Gasteiger partial charge is 0.204 e. The molecule has 2 aromatic carbocycles. The molecule has 0 saturated carbocycles. The minimum atomic E-state index is -0.434. The molecule has 0 amide bonds. The van der Waals surface area contributed by atoms with Gasteiger partial charge in [0.15, 0.2) is 23.0 Å². The maximum Gasteiger partial charge on any atom is 0.204 e. The first-order valence-electron chi connectivity index (χ1n) is 6.89. The van der Waals surface area contributed by atoms with E-state index in [4.69, 9.17) is 13.9 Å². The second kappa shape index (κ2) is 5.69. The predicted octanol–water partition coefficient (Wildman–Crippen LogP) is 2.59. The third kappa shape index (κ3) is 2.26.